The first-order valence-electron chi connectivity index (χ1n) is 7.92. The van der Waals surface area contributed by atoms with Gasteiger partial charge in [0.15, 0.2) is 9.84 Å². The Balaban J connectivity index is 1.67. The first kappa shape index (κ1) is 17.9. The number of benzene rings is 2. The Bertz CT molecular complexity index is 866. The Kier molecular flexibility index (Phi) is 5.44. The van der Waals surface area contributed by atoms with Crippen LogP contribution in [-0.4, -0.2) is 31.1 Å². The van der Waals surface area contributed by atoms with Crippen molar-refractivity contribution in [3.8, 4) is 0 Å². The number of rotatable bonds is 5. The molecule has 25 heavy (non-hydrogen) atoms. The summed E-state index contributed by atoms with van der Waals surface area (Å²) in [7, 11) is -2.95. The van der Waals surface area contributed by atoms with Gasteiger partial charge in [0.25, 0.3) is 5.91 Å². The Labute approximate surface area is 150 Å². The molecule has 3 rings (SSSR count). The smallest absolute Gasteiger partial charge is 0.252 e. The molecule has 1 N–H and O–H groups in total. The molecule has 1 fully saturated rings. The summed E-state index contributed by atoms with van der Waals surface area (Å²) in [4.78, 5) is 13.3. The zero-order chi connectivity index (χ0) is 17.9. The predicted octanol–water partition coefficient (Wildman–Crippen LogP) is 3.03. The van der Waals surface area contributed by atoms with E-state index in [4.69, 9.17) is 0 Å². The van der Waals surface area contributed by atoms with Crippen molar-refractivity contribution in [2.75, 3.05) is 11.5 Å². The van der Waals surface area contributed by atoms with Gasteiger partial charge < -0.3 is 5.32 Å². The topological polar surface area (TPSA) is 63.2 Å². The van der Waals surface area contributed by atoms with Crippen LogP contribution in [0.15, 0.2) is 53.4 Å². The predicted molar refractivity (Wildman–Crippen MR) is 96.9 cm³/mol. The Morgan fingerprint density at radius 1 is 1.16 bits per heavy atom. The van der Waals surface area contributed by atoms with Gasteiger partial charge in [-0.05, 0) is 36.2 Å². The highest BCUT2D eigenvalue weighted by atomic mass is 32.2. The number of nitrogens with one attached hydrogen (secondary N) is 1. The van der Waals surface area contributed by atoms with Gasteiger partial charge in [-0.1, -0.05) is 24.3 Å². The fourth-order valence-electron chi connectivity index (χ4n) is 2.67. The van der Waals surface area contributed by atoms with Crippen LogP contribution in [0.4, 0.5) is 4.39 Å². The first-order valence-corrected chi connectivity index (χ1v) is 10.6. The van der Waals surface area contributed by atoms with Crippen molar-refractivity contribution >= 4 is 27.5 Å². The molecular formula is C18H18FNO3S2. The second-order valence-electron chi connectivity index (χ2n) is 5.95. The molecule has 7 heteroatoms. The molecule has 0 unspecified atom stereocenters. The maximum absolute atomic E-state index is 12.9. The summed E-state index contributed by atoms with van der Waals surface area (Å²) in [5.41, 5.74) is 1.33. The first-order chi connectivity index (χ1) is 11.9. The lowest BCUT2D eigenvalue weighted by Crippen LogP contribution is -2.23. The van der Waals surface area contributed by atoms with Gasteiger partial charge in [-0.25, -0.2) is 12.8 Å². The van der Waals surface area contributed by atoms with Crippen molar-refractivity contribution in [3.05, 3.63) is 65.5 Å². The Hall–Kier alpha value is -1.86. The lowest BCUT2D eigenvalue weighted by Gasteiger charge is -2.12. The van der Waals surface area contributed by atoms with Crippen LogP contribution >= 0.6 is 11.8 Å². The molecule has 1 saturated heterocycles. The van der Waals surface area contributed by atoms with E-state index in [1.54, 1.807) is 24.3 Å². The molecule has 1 aliphatic heterocycles. The van der Waals surface area contributed by atoms with Crippen LogP contribution in [0.1, 0.15) is 22.3 Å². The lowest BCUT2D eigenvalue weighted by molar-refractivity contribution is 0.0948. The minimum atomic E-state index is -2.95. The highest BCUT2D eigenvalue weighted by Crippen LogP contribution is 2.33. The zero-order valence-electron chi connectivity index (χ0n) is 13.4. The van der Waals surface area contributed by atoms with E-state index < -0.39 is 9.84 Å². The number of hydrogen-bond donors (Lipinski definition) is 1. The SMILES string of the molecule is O=C(NCc1ccc(F)cc1)c1ccccc1S[C@H]1CCS(=O)(=O)C1. The highest BCUT2D eigenvalue weighted by Gasteiger charge is 2.29. The average molecular weight is 379 g/mol. The fourth-order valence-corrected chi connectivity index (χ4v) is 6.30. The molecule has 2 aromatic rings. The summed E-state index contributed by atoms with van der Waals surface area (Å²) in [6.45, 7) is 0.302. The van der Waals surface area contributed by atoms with Gasteiger partial charge in [-0.3, -0.25) is 4.79 Å². The molecule has 132 valence electrons. The minimum Gasteiger partial charge on any atom is -0.348 e. The molecule has 1 amide bonds. The number of carbonyl (C=O) groups excluding carboxylic acids is 1. The van der Waals surface area contributed by atoms with Gasteiger partial charge in [0.05, 0.1) is 17.1 Å². The summed E-state index contributed by atoms with van der Waals surface area (Å²) >= 11 is 1.44. The molecule has 0 bridgehead atoms. The lowest BCUT2D eigenvalue weighted by atomic mass is 10.2. The molecular weight excluding hydrogens is 361 g/mol. The summed E-state index contributed by atoms with van der Waals surface area (Å²) in [5.74, 6) is -0.177. The van der Waals surface area contributed by atoms with E-state index in [0.717, 1.165) is 10.5 Å². The van der Waals surface area contributed by atoms with E-state index in [0.29, 0.717) is 18.5 Å². The number of carbonyl (C=O) groups is 1. The Morgan fingerprint density at radius 2 is 1.88 bits per heavy atom. The zero-order valence-corrected chi connectivity index (χ0v) is 15.1. The van der Waals surface area contributed by atoms with Crippen molar-refractivity contribution in [2.45, 2.75) is 23.1 Å². The molecule has 1 heterocycles. The summed E-state index contributed by atoms with van der Waals surface area (Å²) in [6.07, 6.45) is 0.610. The molecule has 1 atom stereocenters. The van der Waals surface area contributed by atoms with Crippen molar-refractivity contribution < 1.29 is 17.6 Å². The van der Waals surface area contributed by atoms with Crippen LogP contribution in [0.25, 0.3) is 0 Å². The monoisotopic (exact) mass is 379 g/mol. The third kappa shape index (κ3) is 4.83. The summed E-state index contributed by atoms with van der Waals surface area (Å²) in [5, 5.41) is 2.81. The normalized spacial score (nSPS) is 18.8. The van der Waals surface area contributed by atoms with Gasteiger partial charge in [0.1, 0.15) is 5.82 Å². The van der Waals surface area contributed by atoms with Crippen LogP contribution in [0.5, 0.6) is 0 Å². The minimum absolute atomic E-state index is 0.0175. The van der Waals surface area contributed by atoms with E-state index in [1.807, 2.05) is 12.1 Å². The van der Waals surface area contributed by atoms with Crippen LogP contribution in [0.2, 0.25) is 0 Å². The largest absolute Gasteiger partial charge is 0.348 e. The van der Waals surface area contributed by atoms with Crippen LogP contribution < -0.4 is 5.32 Å². The van der Waals surface area contributed by atoms with Crippen molar-refractivity contribution in [2.24, 2.45) is 0 Å². The number of hydrogen-bond acceptors (Lipinski definition) is 4. The van der Waals surface area contributed by atoms with Gasteiger partial charge in [0.2, 0.25) is 0 Å². The standard InChI is InChI=1S/C18H18FNO3S2/c19-14-7-5-13(6-8-14)11-20-18(21)16-3-1-2-4-17(16)24-15-9-10-25(22,23)12-15/h1-8,15H,9-12H2,(H,20,21)/t15-/m0/s1. The van der Waals surface area contributed by atoms with E-state index >= 15 is 0 Å². The van der Waals surface area contributed by atoms with E-state index in [2.05, 4.69) is 5.32 Å². The third-order valence-electron chi connectivity index (χ3n) is 3.98. The molecule has 1 aliphatic rings. The van der Waals surface area contributed by atoms with Gasteiger partial charge in [-0.15, -0.1) is 11.8 Å². The summed E-state index contributed by atoms with van der Waals surface area (Å²) in [6, 6.07) is 13.1. The molecule has 0 aromatic heterocycles. The van der Waals surface area contributed by atoms with Gasteiger partial charge in [-0.2, -0.15) is 0 Å². The van der Waals surface area contributed by atoms with E-state index in [9.17, 15) is 17.6 Å². The number of sulfone groups is 1. The second kappa shape index (κ2) is 7.58. The highest BCUT2D eigenvalue weighted by molar-refractivity contribution is 8.02. The van der Waals surface area contributed by atoms with Gasteiger partial charge >= 0.3 is 0 Å². The maximum Gasteiger partial charge on any atom is 0.252 e. The number of amides is 1. The van der Waals surface area contributed by atoms with Crippen molar-refractivity contribution in [1.82, 2.24) is 5.32 Å². The molecule has 0 aliphatic carbocycles. The third-order valence-corrected chi connectivity index (χ3v) is 7.31. The second-order valence-corrected chi connectivity index (χ2v) is 9.52. The molecule has 2 aromatic carbocycles. The molecule has 4 nitrogen and oxygen atoms in total. The van der Waals surface area contributed by atoms with E-state index in [1.165, 1.54) is 23.9 Å². The van der Waals surface area contributed by atoms with Crippen LogP contribution in [-0.2, 0) is 16.4 Å². The maximum atomic E-state index is 12.9. The average Bonchev–Trinajstić information content (AvgIpc) is 2.93. The van der Waals surface area contributed by atoms with E-state index in [-0.39, 0.29) is 28.5 Å². The van der Waals surface area contributed by atoms with Crippen molar-refractivity contribution in [3.63, 3.8) is 0 Å². The molecule has 0 spiro atoms. The molecule has 0 radical (unpaired) electrons. The summed E-state index contributed by atoms with van der Waals surface area (Å²) < 4.78 is 36.1. The van der Waals surface area contributed by atoms with Crippen LogP contribution in [0, 0.1) is 5.82 Å². The van der Waals surface area contributed by atoms with Crippen molar-refractivity contribution in [1.29, 1.82) is 0 Å². The van der Waals surface area contributed by atoms with Crippen LogP contribution in [0.3, 0.4) is 0 Å². The number of halogens is 1. The quantitative estimate of drug-likeness (QED) is 0.867. The van der Waals surface area contributed by atoms with Gasteiger partial charge in [0, 0.05) is 16.7 Å². The number of thioether (sulfide) groups is 1. The fraction of sp³-hybridized carbons (Fsp3) is 0.278. The molecule has 0 saturated carbocycles. The Morgan fingerprint density at radius 3 is 2.56 bits per heavy atom.